The van der Waals surface area contributed by atoms with Gasteiger partial charge >= 0.3 is 0 Å². The van der Waals surface area contributed by atoms with Gasteiger partial charge in [-0.3, -0.25) is 13.9 Å². The normalized spacial score (nSPS) is 11.2. The van der Waals surface area contributed by atoms with Crippen molar-refractivity contribution in [3.63, 3.8) is 0 Å². The van der Waals surface area contributed by atoms with Crippen LogP contribution in [-0.4, -0.2) is 14.1 Å². The monoisotopic (exact) mass is 493 g/mol. The first kappa shape index (κ1) is 21.2. The van der Waals surface area contributed by atoms with Gasteiger partial charge in [0.1, 0.15) is 4.70 Å². The van der Waals surface area contributed by atoms with Gasteiger partial charge in [-0.15, -0.1) is 0 Å². The maximum absolute atomic E-state index is 13.6. The molecule has 0 aliphatic carbocycles. The predicted octanol–water partition coefficient (Wildman–Crippen LogP) is 6.91. The number of nitrogens with zero attached hydrogens (tertiary/aromatic N) is 3. The third-order valence-electron chi connectivity index (χ3n) is 4.89. The minimum Gasteiger partial charge on any atom is -0.275 e. The second-order valence-electron chi connectivity index (χ2n) is 6.98. The van der Waals surface area contributed by atoms with Gasteiger partial charge in [-0.2, -0.15) is 0 Å². The van der Waals surface area contributed by atoms with Gasteiger partial charge in [0.15, 0.2) is 14.8 Å². The largest absolute Gasteiger partial charge is 0.278 e. The summed E-state index contributed by atoms with van der Waals surface area (Å²) < 4.78 is 4.68. The summed E-state index contributed by atoms with van der Waals surface area (Å²) in [5.74, 6) is 0.651. The Hall–Kier alpha value is -2.71. The number of hydrogen-bond acceptors (Lipinski definition) is 5. The van der Waals surface area contributed by atoms with Crippen molar-refractivity contribution in [3.8, 4) is 11.4 Å². The van der Waals surface area contributed by atoms with Crippen molar-refractivity contribution < 1.29 is 0 Å². The fourth-order valence-electron chi connectivity index (χ4n) is 3.37. The van der Waals surface area contributed by atoms with E-state index in [0.717, 1.165) is 16.9 Å². The average Bonchev–Trinajstić information content (AvgIpc) is 3.16. The molecule has 5 rings (SSSR count). The number of para-hydroxylation sites is 2. The van der Waals surface area contributed by atoms with Crippen molar-refractivity contribution in [2.75, 3.05) is 0 Å². The summed E-state index contributed by atoms with van der Waals surface area (Å²) in [6.07, 6.45) is 0. The molecule has 0 atom stereocenters. The Morgan fingerprint density at radius 1 is 0.875 bits per heavy atom. The lowest BCUT2D eigenvalue weighted by atomic mass is 10.2. The van der Waals surface area contributed by atoms with Crippen molar-refractivity contribution in [3.05, 3.63) is 110 Å². The molecule has 0 saturated heterocycles. The summed E-state index contributed by atoms with van der Waals surface area (Å²) in [7, 11) is 0. The summed E-state index contributed by atoms with van der Waals surface area (Å²) >= 11 is 14.4. The molecule has 0 spiro atoms. The van der Waals surface area contributed by atoms with E-state index in [1.165, 1.54) is 23.1 Å². The number of benzene rings is 3. The maximum Gasteiger partial charge on any atom is 0.278 e. The van der Waals surface area contributed by atoms with Crippen molar-refractivity contribution in [1.82, 2.24) is 14.1 Å². The lowest BCUT2D eigenvalue weighted by Crippen LogP contribution is -2.21. The zero-order chi connectivity index (χ0) is 22.1. The molecule has 5 aromatic rings. The third-order valence-corrected chi connectivity index (χ3v) is 7.50. The van der Waals surface area contributed by atoms with Crippen LogP contribution in [0.3, 0.4) is 0 Å². The summed E-state index contributed by atoms with van der Waals surface area (Å²) in [6, 6.07) is 27.0. The van der Waals surface area contributed by atoms with Crippen molar-refractivity contribution in [2.45, 2.75) is 10.9 Å². The van der Waals surface area contributed by atoms with Crippen LogP contribution in [0.15, 0.2) is 94.9 Å². The molecule has 158 valence electrons. The van der Waals surface area contributed by atoms with Gasteiger partial charge in [0, 0.05) is 16.5 Å². The Morgan fingerprint density at radius 3 is 2.09 bits per heavy atom. The van der Waals surface area contributed by atoms with E-state index in [1.54, 1.807) is 4.57 Å². The molecular formula is C24H16ClN3OS3. The van der Waals surface area contributed by atoms with Crippen LogP contribution >= 0.6 is 46.9 Å². The van der Waals surface area contributed by atoms with Gasteiger partial charge < -0.3 is 0 Å². The fraction of sp³-hybridized carbons (Fsp3) is 0.0417. The highest BCUT2D eigenvalue weighted by Gasteiger charge is 2.19. The zero-order valence-corrected chi connectivity index (χ0v) is 19.8. The second-order valence-corrected chi connectivity index (χ2v) is 10.0. The summed E-state index contributed by atoms with van der Waals surface area (Å²) in [6.45, 7) is 0. The molecule has 0 radical (unpaired) electrons. The van der Waals surface area contributed by atoms with Gasteiger partial charge in [0.2, 0.25) is 0 Å². The van der Waals surface area contributed by atoms with Crippen LogP contribution in [0.1, 0.15) is 5.56 Å². The van der Waals surface area contributed by atoms with E-state index in [-0.39, 0.29) is 5.56 Å². The highest BCUT2D eigenvalue weighted by Crippen LogP contribution is 2.29. The molecule has 32 heavy (non-hydrogen) atoms. The first-order valence-electron chi connectivity index (χ1n) is 9.78. The first-order chi connectivity index (χ1) is 15.6. The van der Waals surface area contributed by atoms with Crippen LogP contribution in [0, 0.1) is 3.95 Å². The molecule has 0 aliphatic rings. The van der Waals surface area contributed by atoms with E-state index >= 15 is 0 Å². The molecule has 0 unspecified atom stereocenters. The maximum atomic E-state index is 13.6. The SMILES string of the molecule is O=c1c2sc(=S)n(-c3ccccc3)c2nc(SCc2ccc(Cl)cc2)n1-c1ccccc1. The number of aromatic nitrogens is 3. The number of fused-ring (bicyclic) bond motifs is 1. The molecule has 0 amide bonds. The van der Waals surface area contributed by atoms with Crippen LogP contribution in [-0.2, 0) is 5.75 Å². The molecule has 0 N–H and O–H groups in total. The molecule has 3 aromatic carbocycles. The van der Waals surface area contributed by atoms with E-state index in [4.69, 9.17) is 28.8 Å². The van der Waals surface area contributed by atoms with Gasteiger partial charge in [0.25, 0.3) is 5.56 Å². The topological polar surface area (TPSA) is 39.8 Å². The molecular weight excluding hydrogens is 478 g/mol. The summed E-state index contributed by atoms with van der Waals surface area (Å²) in [5, 5.41) is 1.31. The lowest BCUT2D eigenvalue weighted by Gasteiger charge is -2.13. The quantitative estimate of drug-likeness (QED) is 0.151. The molecule has 8 heteroatoms. The zero-order valence-electron chi connectivity index (χ0n) is 16.6. The first-order valence-corrected chi connectivity index (χ1v) is 12.4. The number of halogens is 1. The molecule has 0 bridgehead atoms. The summed E-state index contributed by atoms with van der Waals surface area (Å²) in [5.41, 5.74) is 3.23. The molecule has 0 fully saturated rings. The second kappa shape index (κ2) is 9.03. The molecule has 2 aromatic heterocycles. The van der Waals surface area contributed by atoms with E-state index in [2.05, 4.69) is 0 Å². The predicted molar refractivity (Wildman–Crippen MR) is 136 cm³/mol. The van der Waals surface area contributed by atoms with E-state index < -0.39 is 0 Å². The number of rotatable bonds is 5. The van der Waals surface area contributed by atoms with Crippen LogP contribution in [0.2, 0.25) is 5.02 Å². The molecule has 0 saturated carbocycles. The summed E-state index contributed by atoms with van der Waals surface area (Å²) in [4.78, 5) is 18.6. The highest BCUT2D eigenvalue weighted by atomic mass is 35.5. The third kappa shape index (κ3) is 4.04. The van der Waals surface area contributed by atoms with Gasteiger partial charge in [-0.1, -0.05) is 83.2 Å². The van der Waals surface area contributed by atoms with E-state index in [9.17, 15) is 4.79 Å². The lowest BCUT2D eigenvalue weighted by molar-refractivity contribution is 0.812. The minimum absolute atomic E-state index is 0.120. The van der Waals surface area contributed by atoms with Gasteiger partial charge in [-0.05, 0) is 54.2 Å². The van der Waals surface area contributed by atoms with E-state index in [1.807, 2.05) is 89.5 Å². The Bertz CT molecular complexity index is 1510. The average molecular weight is 494 g/mol. The van der Waals surface area contributed by atoms with Crippen LogP contribution in [0.5, 0.6) is 0 Å². The van der Waals surface area contributed by atoms with Crippen molar-refractivity contribution in [2.24, 2.45) is 0 Å². The Morgan fingerprint density at radius 2 is 1.47 bits per heavy atom. The van der Waals surface area contributed by atoms with Gasteiger partial charge in [0.05, 0.1) is 5.69 Å². The molecule has 2 heterocycles. The smallest absolute Gasteiger partial charge is 0.275 e. The molecule has 0 aliphatic heterocycles. The van der Waals surface area contributed by atoms with E-state index in [0.29, 0.717) is 30.2 Å². The van der Waals surface area contributed by atoms with Crippen LogP contribution < -0.4 is 5.56 Å². The van der Waals surface area contributed by atoms with Crippen LogP contribution in [0.4, 0.5) is 0 Å². The Balaban J connectivity index is 1.71. The minimum atomic E-state index is -0.120. The Labute approximate surface area is 202 Å². The molecule has 4 nitrogen and oxygen atoms in total. The van der Waals surface area contributed by atoms with Crippen molar-refractivity contribution >= 4 is 57.3 Å². The van der Waals surface area contributed by atoms with Crippen LogP contribution in [0.25, 0.3) is 21.7 Å². The number of hydrogen-bond donors (Lipinski definition) is 0. The number of thiazole rings is 1. The number of thioether (sulfide) groups is 1. The fourth-order valence-corrected chi connectivity index (χ4v) is 5.76. The Kier molecular flexibility index (Phi) is 5.97. The van der Waals surface area contributed by atoms with Crippen molar-refractivity contribution in [1.29, 1.82) is 0 Å². The van der Waals surface area contributed by atoms with Gasteiger partial charge in [-0.25, -0.2) is 4.98 Å². The standard InChI is InChI=1S/C24H16ClN3OS3/c25-17-13-11-16(12-14-17)15-31-23-26-21-20(22(29)28(23)19-9-5-2-6-10-19)32-24(30)27(21)18-7-3-1-4-8-18/h1-14H,15H2. The highest BCUT2D eigenvalue weighted by molar-refractivity contribution is 7.98.